The molecule has 0 spiro atoms. The SMILES string of the molecule is Cc1cc(C(=O)N2CCC(CCN3CCCC[C@H]3C)CC2)no1. The normalized spacial score (nSPS) is 24.1. The summed E-state index contributed by atoms with van der Waals surface area (Å²) < 4.78 is 5.01. The van der Waals surface area contributed by atoms with Crippen LogP contribution in [0.3, 0.4) is 0 Å². The molecule has 1 aromatic heterocycles. The van der Waals surface area contributed by atoms with Crippen LogP contribution in [0.4, 0.5) is 0 Å². The van der Waals surface area contributed by atoms with Crippen LogP contribution in [0.5, 0.6) is 0 Å². The van der Waals surface area contributed by atoms with Crippen molar-refractivity contribution in [2.75, 3.05) is 26.2 Å². The van der Waals surface area contributed by atoms with E-state index in [9.17, 15) is 4.79 Å². The number of piperidine rings is 2. The first-order valence-electron chi connectivity index (χ1n) is 9.10. The zero-order valence-electron chi connectivity index (χ0n) is 14.5. The summed E-state index contributed by atoms with van der Waals surface area (Å²) in [6.45, 7) is 8.38. The van der Waals surface area contributed by atoms with Crippen LogP contribution in [0.2, 0.25) is 0 Å². The van der Waals surface area contributed by atoms with Crippen LogP contribution in [0.25, 0.3) is 0 Å². The number of aryl methyl sites for hydroxylation is 1. The molecule has 3 heterocycles. The molecule has 2 saturated heterocycles. The summed E-state index contributed by atoms with van der Waals surface area (Å²) in [6.07, 6.45) is 7.60. The molecule has 1 atom stereocenters. The Kier molecular flexibility index (Phi) is 5.36. The van der Waals surface area contributed by atoms with Gasteiger partial charge in [0.1, 0.15) is 5.76 Å². The van der Waals surface area contributed by atoms with Crippen LogP contribution in [-0.2, 0) is 0 Å². The third-order valence-corrected chi connectivity index (χ3v) is 5.51. The van der Waals surface area contributed by atoms with Crippen molar-refractivity contribution in [1.29, 1.82) is 0 Å². The van der Waals surface area contributed by atoms with Crippen molar-refractivity contribution in [2.24, 2.45) is 5.92 Å². The predicted molar refractivity (Wildman–Crippen MR) is 89.4 cm³/mol. The molecule has 23 heavy (non-hydrogen) atoms. The number of carbonyl (C=O) groups is 1. The molecular formula is C18H29N3O2. The van der Waals surface area contributed by atoms with Crippen LogP contribution < -0.4 is 0 Å². The van der Waals surface area contributed by atoms with E-state index in [0.717, 1.165) is 37.9 Å². The van der Waals surface area contributed by atoms with Gasteiger partial charge in [-0.2, -0.15) is 0 Å². The predicted octanol–water partition coefficient (Wildman–Crippen LogP) is 3.10. The first kappa shape index (κ1) is 16.5. The van der Waals surface area contributed by atoms with Crippen LogP contribution in [0.1, 0.15) is 61.7 Å². The van der Waals surface area contributed by atoms with Gasteiger partial charge < -0.3 is 14.3 Å². The highest BCUT2D eigenvalue weighted by atomic mass is 16.5. The number of amides is 1. The van der Waals surface area contributed by atoms with Crippen molar-refractivity contribution in [3.8, 4) is 0 Å². The van der Waals surface area contributed by atoms with E-state index in [-0.39, 0.29) is 5.91 Å². The lowest BCUT2D eigenvalue weighted by Gasteiger charge is -2.36. The number of likely N-dealkylation sites (tertiary alicyclic amines) is 2. The van der Waals surface area contributed by atoms with Crippen molar-refractivity contribution >= 4 is 5.91 Å². The lowest BCUT2D eigenvalue weighted by atomic mass is 9.92. The summed E-state index contributed by atoms with van der Waals surface area (Å²) in [5.74, 6) is 1.47. The Balaban J connectivity index is 1.42. The van der Waals surface area contributed by atoms with Gasteiger partial charge in [0.2, 0.25) is 0 Å². The summed E-state index contributed by atoms with van der Waals surface area (Å²) in [4.78, 5) is 16.9. The van der Waals surface area contributed by atoms with Gasteiger partial charge >= 0.3 is 0 Å². The Labute approximate surface area is 139 Å². The molecule has 0 saturated carbocycles. The third kappa shape index (κ3) is 4.14. The minimum Gasteiger partial charge on any atom is -0.361 e. The highest BCUT2D eigenvalue weighted by molar-refractivity contribution is 5.92. The van der Waals surface area contributed by atoms with Gasteiger partial charge in [0.05, 0.1) is 0 Å². The number of hydrogen-bond donors (Lipinski definition) is 0. The maximum Gasteiger partial charge on any atom is 0.276 e. The van der Waals surface area contributed by atoms with Crippen molar-refractivity contribution in [2.45, 2.75) is 58.4 Å². The third-order valence-electron chi connectivity index (χ3n) is 5.51. The molecule has 0 N–H and O–H groups in total. The topological polar surface area (TPSA) is 49.6 Å². The van der Waals surface area contributed by atoms with Gasteiger partial charge in [0.15, 0.2) is 5.69 Å². The van der Waals surface area contributed by atoms with E-state index in [4.69, 9.17) is 4.52 Å². The van der Waals surface area contributed by atoms with Crippen molar-refractivity contribution in [3.05, 3.63) is 17.5 Å². The van der Waals surface area contributed by atoms with Crippen LogP contribution in [0.15, 0.2) is 10.6 Å². The van der Waals surface area contributed by atoms with E-state index < -0.39 is 0 Å². The summed E-state index contributed by atoms with van der Waals surface area (Å²) in [5.41, 5.74) is 0.447. The van der Waals surface area contributed by atoms with Crippen LogP contribution in [-0.4, -0.2) is 53.1 Å². The highest BCUT2D eigenvalue weighted by Crippen LogP contribution is 2.24. The molecule has 0 aromatic carbocycles. The van der Waals surface area contributed by atoms with Gasteiger partial charge in [0.25, 0.3) is 5.91 Å². The lowest BCUT2D eigenvalue weighted by Crippen LogP contribution is -2.41. The quantitative estimate of drug-likeness (QED) is 0.855. The lowest BCUT2D eigenvalue weighted by molar-refractivity contribution is 0.0663. The summed E-state index contributed by atoms with van der Waals surface area (Å²) in [5, 5.41) is 3.84. The second-order valence-corrected chi connectivity index (χ2v) is 7.23. The zero-order chi connectivity index (χ0) is 16.2. The Bertz CT molecular complexity index is 520. The minimum atomic E-state index is 0.0185. The van der Waals surface area contributed by atoms with Gasteiger partial charge in [-0.3, -0.25) is 4.79 Å². The number of aromatic nitrogens is 1. The Morgan fingerprint density at radius 3 is 2.70 bits per heavy atom. The smallest absolute Gasteiger partial charge is 0.276 e. The van der Waals surface area contributed by atoms with E-state index >= 15 is 0 Å². The van der Waals surface area contributed by atoms with Crippen molar-refractivity contribution < 1.29 is 9.32 Å². The van der Waals surface area contributed by atoms with Crippen molar-refractivity contribution in [1.82, 2.24) is 15.0 Å². The number of nitrogens with zero attached hydrogens (tertiary/aromatic N) is 3. The van der Waals surface area contributed by atoms with Gasteiger partial charge in [-0.15, -0.1) is 0 Å². The average Bonchev–Trinajstić information content (AvgIpc) is 3.00. The Morgan fingerprint density at radius 2 is 2.04 bits per heavy atom. The van der Waals surface area contributed by atoms with Crippen LogP contribution >= 0.6 is 0 Å². The molecule has 2 aliphatic rings. The average molecular weight is 319 g/mol. The first-order valence-corrected chi connectivity index (χ1v) is 9.10. The number of carbonyl (C=O) groups excluding carboxylic acids is 1. The number of hydrogen-bond acceptors (Lipinski definition) is 4. The molecule has 2 aliphatic heterocycles. The second kappa shape index (κ2) is 7.47. The fourth-order valence-electron chi connectivity index (χ4n) is 3.89. The zero-order valence-corrected chi connectivity index (χ0v) is 14.5. The largest absolute Gasteiger partial charge is 0.361 e. The minimum absolute atomic E-state index is 0.0185. The monoisotopic (exact) mass is 319 g/mol. The summed E-state index contributed by atoms with van der Waals surface area (Å²) in [7, 11) is 0. The molecule has 0 radical (unpaired) electrons. The highest BCUT2D eigenvalue weighted by Gasteiger charge is 2.26. The molecule has 3 rings (SSSR count). The van der Waals surface area contributed by atoms with Gasteiger partial charge in [0, 0.05) is 25.2 Å². The van der Waals surface area contributed by atoms with E-state index in [0.29, 0.717) is 11.5 Å². The molecule has 2 fully saturated rings. The fraction of sp³-hybridized carbons (Fsp3) is 0.778. The number of rotatable bonds is 4. The van der Waals surface area contributed by atoms with E-state index in [2.05, 4.69) is 17.0 Å². The first-order chi connectivity index (χ1) is 11.1. The molecule has 5 heteroatoms. The molecule has 5 nitrogen and oxygen atoms in total. The molecule has 0 bridgehead atoms. The molecule has 128 valence electrons. The Morgan fingerprint density at radius 1 is 1.26 bits per heavy atom. The van der Waals surface area contributed by atoms with Crippen LogP contribution in [0, 0.1) is 12.8 Å². The molecule has 1 amide bonds. The van der Waals surface area contributed by atoms with Gasteiger partial charge in [-0.25, -0.2) is 0 Å². The molecule has 0 unspecified atom stereocenters. The van der Waals surface area contributed by atoms with E-state index in [1.54, 1.807) is 6.07 Å². The molecular weight excluding hydrogens is 290 g/mol. The maximum atomic E-state index is 12.4. The van der Waals surface area contributed by atoms with Gasteiger partial charge in [-0.05, 0) is 65.0 Å². The fourth-order valence-corrected chi connectivity index (χ4v) is 3.89. The van der Waals surface area contributed by atoms with Gasteiger partial charge in [-0.1, -0.05) is 11.6 Å². The Hall–Kier alpha value is -1.36. The summed E-state index contributed by atoms with van der Waals surface area (Å²) in [6, 6.07) is 2.48. The summed E-state index contributed by atoms with van der Waals surface area (Å²) >= 11 is 0. The molecule has 1 aromatic rings. The maximum absolute atomic E-state index is 12.4. The molecule has 0 aliphatic carbocycles. The van der Waals surface area contributed by atoms with Crippen molar-refractivity contribution in [3.63, 3.8) is 0 Å². The van der Waals surface area contributed by atoms with E-state index in [1.807, 2.05) is 11.8 Å². The second-order valence-electron chi connectivity index (χ2n) is 7.23. The standard InChI is InChI=1S/C18H29N3O2/c1-14-5-3-4-9-20(14)10-6-16-7-11-21(12-8-16)18(22)17-13-15(2)23-19-17/h13-14,16H,3-12H2,1-2H3/t14-/m1/s1. The van der Waals surface area contributed by atoms with E-state index in [1.165, 1.54) is 38.8 Å².